The number of rotatable bonds is 5. The van der Waals surface area contributed by atoms with Gasteiger partial charge in [0, 0.05) is 19.1 Å². The number of methoxy groups -OCH3 is 1. The molecule has 0 spiro atoms. The van der Waals surface area contributed by atoms with Gasteiger partial charge in [0.2, 0.25) is 0 Å². The molecule has 1 aliphatic rings. The van der Waals surface area contributed by atoms with Crippen molar-refractivity contribution >= 4 is 11.6 Å². The average Bonchev–Trinajstić information content (AvgIpc) is 2.97. The molecule has 0 radical (unpaired) electrons. The van der Waals surface area contributed by atoms with E-state index in [0.717, 1.165) is 42.6 Å². The highest BCUT2D eigenvalue weighted by Gasteiger charge is 2.24. The number of hydrogen-bond donors (Lipinski definition) is 1. The zero-order chi connectivity index (χ0) is 17.3. The molecule has 0 aromatic heterocycles. The maximum Gasteiger partial charge on any atom is 0.160 e. The molecular formula is C19H21ClFNO2. The van der Waals surface area contributed by atoms with Crippen LogP contribution in [0.15, 0.2) is 30.3 Å². The van der Waals surface area contributed by atoms with Gasteiger partial charge in [-0.15, -0.1) is 0 Å². The number of benzene rings is 2. The number of halogens is 2. The van der Waals surface area contributed by atoms with Gasteiger partial charge in [0.15, 0.2) is 11.5 Å². The molecule has 3 rings (SSSR count). The lowest BCUT2D eigenvalue weighted by molar-refractivity contribution is 0.203. The van der Waals surface area contributed by atoms with E-state index in [1.165, 1.54) is 0 Å². The van der Waals surface area contributed by atoms with Crippen LogP contribution in [0.25, 0.3) is 0 Å². The van der Waals surface area contributed by atoms with Crippen LogP contribution in [0.4, 0.5) is 4.39 Å². The van der Waals surface area contributed by atoms with Crippen LogP contribution in [-0.4, -0.2) is 23.2 Å². The Morgan fingerprint density at radius 2 is 1.96 bits per heavy atom. The highest BCUT2D eigenvalue weighted by Crippen LogP contribution is 2.31. The van der Waals surface area contributed by atoms with Crippen molar-refractivity contribution in [3.05, 3.63) is 57.9 Å². The minimum absolute atomic E-state index is 0.156. The van der Waals surface area contributed by atoms with Crippen molar-refractivity contribution in [1.82, 2.24) is 4.90 Å². The van der Waals surface area contributed by atoms with Crippen LogP contribution >= 0.6 is 11.6 Å². The minimum Gasteiger partial charge on any atom is -0.504 e. The molecule has 1 N–H and O–H groups in total. The van der Waals surface area contributed by atoms with Crippen molar-refractivity contribution in [3.8, 4) is 11.5 Å². The first-order valence-electron chi connectivity index (χ1n) is 8.04. The second-order valence-corrected chi connectivity index (χ2v) is 6.74. The van der Waals surface area contributed by atoms with Crippen LogP contribution in [0, 0.1) is 5.82 Å². The third kappa shape index (κ3) is 3.50. The minimum atomic E-state index is -0.346. The van der Waals surface area contributed by atoms with Gasteiger partial charge in [-0.2, -0.15) is 0 Å². The Balaban J connectivity index is 1.61. The maximum absolute atomic E-state index is 13.6. The molecule has 2 aromatic rings. The largest absolute Gasteiger partial charge is 0.504 e. The van der Waals surface area contributed by atoms with Crippen LogP contribution in [0.5, 0.6) is 11.5 Å². The molecule has 0 aliphatic carbocycles. The van der Waals surface area contributed by atoms with Gasteiger partial charge < -0.3 is 9.84 Å². The van der Waals surface area contributed by atoms with Gasteiger partial charge in [-0.1, -0.05) is 17.7 Å². The lowest BCUT2D eigenvalue weighted by Gasteiger charge is -2.23. The number of phenols is 1. The quantitative estimate of drug-likeness (QED) is 0.860. The average molecular weight is 350 g/mol. The van der Waals surface area contributed by atoms with Gasteiger partial charge >= 0.3 is 0 Å². The summed E-state index contributed by atoms with van der Waals surface area (Å²) >= 11 is 5.88. The highest BCUT2D eigenvalue weighted by molar-refractivity contribution is 6.30. The SMILES string of the molecule is COc1cc(CC[C@@H](C)N2Cc3cc(F)c(Cl)cc3C2)ccc1O. The molecule has 0 bridgehead atoms. The zero-order valence-electron chi connectivity index (χ0n) is 13.9. The monoisotopic (exact) mass is 349 g/mol. The van der Waals surface area contributed by atoms with Crippen molar-refractivity contribution in [1.29, 1.82) is 0 Å². The predicted molar refractivity (Wildman–Crippen MR) is 93.1 cm³/mol. The van der Waals surface area contributed by atoms with E-state index in [4.69, 9.17) is 16.3 Å². The molecule has 1 heterocycles. The van der Waals surface area contributed by atoms with E-state index < -0.39 is 0 Å². The molecule has 0 saturated heterocycles. The summed E-state index contributed by atoms with van der Waals surface area (Å²) in [5.74, 6) is 0.308. The zero-order valence-corrected chi connectivity index (χ0v) is 14.6. The second kappa shape index (κ2) is 6.99. The van der Waals surface area contributed by atoms with E-state index >= 15 is 0 Å². The summed E-state index contributed by atoms with van der Waals surface area (Å²) in [6.45, 7) is 3.74. The second-order valence-electron chi connectivity index (χ2n) is 6.33. The fourth-order valence-corrected chi connectivity index (χ4v) is 3.35. The maximum atomic E-state index is 13.6. The number of aromatic hydroxyl groups is 1. The van der Waals surface area contributed by atoms with Gasteiger partial charge in [0.05, 0.1) is 12.1 Å². The first kappa shape index (κ1) is 17.1. The lowest BCUT2D eigenvalue weighted by Crippen LogP contribution is -2.28. The van der Waals surface area contributed by atoms with Crippen molar-refractivity contribution in [2.24, 2.45) is 0 Å². The first-order chi connectivity index (χ1) is 11.5. The molecule has 2 aromatic carbocycles. The molecular weight excluding hydrogens is 329 g/mol. The van der Waals surface area contributed by atoms with E-state index in [-0.39, 0.29) is 16.6 Å². The standard InChI is InChI=1S/C19H21ClFNO2/c1-12(3-4-13-5-6-18(23)19(7-13)24-2)22-10-14-8-16(20)17(21)9-15(14)11-22/h5-9,12,23H,3-4,10-11H2,1-2H3/t12-/m1/s1. The Labute approximate surface area is 146 Å². The van der Waals surface area contributed by atoms with Crippen molar-refractivity contribution < 1.29 is 14.2 Å². The molecule has 0 amide bonds. The number of fused-ring (bicyclic) bond motifs is 1. The molecule has 3 nitrogen and oxygen atoms in total. The number of aryl methyl sites for hydroxylation is 1. The van der Waals surface area contributed by atoms with Gasteiger partial charge in [-0.25, -0.2) is 4.39 Å². The number of phenolic OH excluding ortho intramolecular Hbond substituents is 1. The smallest absolute Gasteiger partial charge is 0.160 e. The summed E-state index contributed by atoms with van der Waals surface area (Å²) in [6, 6.07) is 9.10. The van der Waals surface area contributed by atoms with Gasteiger partial charge in [-0.3, -0.25) is 4.90 Å². The molecule has 128 valence electrons. The van der Waals surface area contributed by atoms with E-state index in [9.17, 15) is 9.50 Å². The Bertz CT molecular complexity index is 719. The Morgan fingerprint density at radius 3 is 2.67 bits per heavy atom. The van der Waals surface area contributed by atoms with E-state index in [0.29, 0.717) is 11.8 Å². The third-order valence-electron chi connectivity index (χ3n) is 4.71. The van der Waals surface area contributed by atoms with Crippen molar-refractivity contribution in [2.75, 3.05) is 7.11 Å². The topological polar surface area (TPSA) is 32.7 Å². The Hall–Kier alpha value is -1.78. The number of ether oxygens (including phenoxy) is 1. The summed E-state index contributed by atoms with van der Waals surface area (Å²) in [5, 5.41) is 9.85. The summed E-state index contributed by atoms with van der Waals surface area (Å²) in [6.07, 6.45) is 1.86. The number of nitrogens with zero attached hydrogens (tertiary/aromatic N) is 1. The predicted octanol–water partition coefficient (Wildman–Crippen LogP) is 4.53. The van der Waals surface area contributed by atoms with Crippen LogP contribution in [0.3, 0.4) is 0 Å². The molecule has 5 heteroatoms. The van der Waals surface area contributed by atoms with Crippen LogP contribution < -0.4 is 4.74 Å². The van der Waals surface area contributed by atoms with E-state index in [2.05, 4.69) is 11.8 Å². The van der Waals surface area contributed by atoms with Crippen LogP contribution in [0.1, 0.15) is 30.0 Å². The van der Waals surface area contributed by atoms with Gasteiger partial charge in [-0.05, 0) is 60.7 Å². The first-order valence-corrected chi connectivity index (χ1v) is 8.42. The normalized spacial score (nSPS) is 15.3. The lowest BCUT2D eigenvalue weighted by atomic mass is 10.0. The fourth-order valence-electron chi connectivity index (χ4n) is 3.16. The molecule has 24 heavy (non-hydrogen) atoms. The third-order valence-corrected chi connectivity index (χ3v) is 5.00. The van der Waals surface area contributed by atoms with Crippen molar-refractivity contribution in [2.45, 2.75) is 38.9 Å². The van der Waals surface area contributed by atoms with E-state index in [1.807, 2.05) is 12.1 Å². The molecule has 0 unspecified atom stereocenters. The van der Waals surface area contributed by atoms with Crippen molar-refractivity contribution in [3.63, 3.8) is 0 Å². The molecule has 0 saturated carbocycles. The fraction of sp³-hybridized carbons (Fsp3) is 0.368. The molecule has 0 fully saturated rings. The molecule has 1 aliphatic heterocycles. The summed E-state index contributed by atoms with van der Waals surface area (Å²) < 4.78 is 18.7. The number of hydrogen-bond acceptors (Lipinski definition) is 3. The van der Waals surface area contributed by atoms with E-state index in [1.54, 1.807) is 25.3 Å². The highest BCUT2D eigenvalue weighted by atomic mass is 35.5. The van der Waals surface area contributed by atoms with Crippen LogP contribution in [0.2, 0.25) is 5.02 Å². The Kier molecular flexibility index (Phi) is 4.97. The Morgan fingerprint density at radius 1 is 1.25 bits per heavy atom. The van der Waals surface area contributed by atoms with Gasteiger partial charge in [0.25, 0.3) is 0 Å². The summed E-state index contributed by atoms with van der Waals surface area (Å²) in [4.78, 5) is 2.33. The summed E-state index contributed by atoms with van der Waals surface area (Å²) in [5.41, 5.74) is 3.26. The van der Waals surface area contributed by atoms with Gasteiger partial charge in [0.1, 0.15) is 5.82 Å². The molecule has 1 atom stereocenters. The summed E-state index contributed by atoms with van der Waals surface area (Å²) in [7, 11) is 1.55. The van der Waals surface area contributed by atoms with Crippen LogP contribution in [-0.2, 0) is 19.5 Å².